The molecule has 2 aromatic rings. The van der Waals surface area contributed by atoms with Gasteiger partial charge < -0.3 is 9.84 Å². The molecule has 1 aromatic carbocycles. The molecule has 2 rings (SSSR count). The highest BCUT2D eigenvalue weighted by atomic mass is 32.2. The molecule has 0 amide bonds. The van der Waals surface area contributed by atoms with Crippen LogP contribution in [0.4, 0.5) is 0 Å². The van der Waals surface area contributed by atoms with Gasteiger partial charge >= 0.3 is 0 Å². The second-order valence-electron chi connectivity index (χ2n) is 4.45. The minimum Gasteiger partial charge on any atom is -0.395 e. The third-order valence-electron chi connectivity index (χ3n) is 3.12. The van der Waals surface area contributed by atoms with Crippen molar-refractivity contribution in [1.82, 2.24) is 9.29 Å². The average Bonchev–Trinajstić information content (AvgIpc) is 2.50. The number of hydrogen-bond donors (Lipinski definition) is 1. The topological polar surface area (TPSA) is 79.7 Å². The summed E-state index contributed by atoms with van der Waals surface area (Å²) in [6.07, 6.45) is 1.62. The Morgan fingerprint density at radius 3 is 2.76 bits per heavy atom. The maximum Gasteiger partial charge on any atom is 0.243 e. The fourth-order valence-electron chi connectivity index (χ4n) is 2.10. The lowest BCUT2D eigenvalue weighted by molar-refractivity contribution is 0.168. The van der Waals surface area contributed by atoms with Gasteiger partial charge in [-0.25, -0.2) is 8.42 Å². The monoisotopic (exact) mass is 310 g/mol. The summed E-state index contributed by atoms with van der Waals surface area (Å²) >= 11 is 0. The molecule has 1 N–H and O–H groups in total. The van der Waals surface area contributed by atoms with Gasteiger partial charge in [0.05, 0.1) is 23.6 Å². The fourth-order valence-corrected chi connectivity index (χ4v) is 3.71. The van der Waals surface area contributed by atoms with E-state index < -0.39 is 10.0 Å². The van der Waals surface area contributed by atoms with Crippen molar-refractivity contribution in [2.75, 3.05) is 33.4 Å². The van der Waals surface area contributed by atoms with E-state index >= 15 is 0 Å². The second-order valence-corrected chi connectivity index (χ2v) is 6.35. The van der Waals surface area contributed by atoms with Gasteiger partial charge in [0.25, 0.3) is 0 Å². The standard InChI is InChI=1S/C14H18N2O4S/c1-20-11-9-16(8-10-17)21(18,19)14-6-2-5-13-12(14)4-3-7-15-13/h2-7,17H,8-11H2,1H3. The van der Waals surface area contributed by atoms with Crippen LogP contribution in [0.15, 0.2) is 41.4 Å². The minimum atomic E-state index is -3.71. The summed E-state index contributed by atoms with van der Waals surface area (Å²) in [5, 5.41) is 9.67. The summed E-state index contributed by atoms with van der Waals surface area (Å²) in [6, 6.07) is 8.40. The molecular formula is C14H18N2O4S. The molecule has 0 unspecified atom stereocenters. The molecule has 21 heavy (non-hydrogen) atoms. The Morgan fingerprint density at radius 2 is 2.05 bits per heavy atom. The fraction of sp³-hybridized carbons (Fsp3) is 0.357. The summed E-state index contributed by atoms with van der Waals surface area (Å²) in [4.78, 5) is 4.36. The van der Waals surface area contributed by atoms with Crippen molar-refractivity contribution in [2.24, 2.45) is 0 Å². The van der Waals surface area contributed by atoms with Crippen molar-refractivity contribution < 1.29 is 18.3 Å². The number of nitrogens with zero attached hydrogens (tertiary/aromatic N) is 2. The largest absolute Gasteiger partial charge is 0.395 e. The van der Waals surface area contributed by atoms with E-state index in [0.717, 1.165) is 0 Å². The number of fused-ring (bicyclic) bond motifs is 1. The van der Waals surface area contributed by atoms with Gasteiger partial charge in [-0.3, -0.25) is 4.98 Å². The Hall–Kier alpha value is -1.54. The van der Waals surface area contributed by atoms with E-state index in [2.05, 4.69) is 4.98 Å². The zero-order chi connectivity index (χ0) is 15.3. The van der Waals surface area contributed by atoms with Crippen molar-refractivity contribution >= 4 is 20.9 Å². The summed E-state index contributed by atoms with van der Waals surface area (Å²) in [5.74, 6) is 0. The van der Waals surface area contributed by atoms with Gasteiger partial charge in [0, 0.05) is 31.8 Å². The molecular weight excluding hydrogens is 292 g/mol. The number of pyridine rings is 1. The second kappa shape index (κ2) is 6.95. The number of aliphatic hydroxyl groups is 1. The quantitative estimate of drug-likeness (QED) is 0.820. The van der Waals surface area contributed by atoms with Crippen LogP contribution in [0.3, 0.4) is 0 Å². The van der Waals surface area contributed by atoms with Crippen molar-refractivity contribution in [3.05, 3.63) is 36.5 Å². The lowest BCUT2D eigenvalue weighted by Crippen LogP contribution is -2.36. The van der Waals surface area contributed by atoms with Crippen LogP contribution in [0.5, 0.6) is 0 Å². The van der Waals surface area contributed by atoms with Gasteiger partial charge in [-0.05, 0) is 24.3 Å². The summed E-state index contributed by atoms with van der Waals surface area (Å²) < 4.78 is 31.7. The van der Waals surface area contributed by atoms with Gasteiger partial charge in [-0.1, -0.05) is 6.07 Å². The van der Waals surface area contributed by atoms with Gasteiger partial charge in [-0.2, -0.15) is 4.31 Å². The number of rotatable bonds is 7. The van der Waals surface area contributed by atoms with Crippen LogP contribution in [0.2, 0.25) is 0 Å². The smallest absolute Gasteiger partial charge is 0.243 e. The number of benzene rings is 1. The molecule has 0 saturated heterocycles. The molecule has 0 fully saturated rings. The van der Waals surface area contributed by atoms with Crippen LogP contribution in [-0.4, -0.2) is 56.2 Å². The highest BCUT2D eigenvalue weighted by Crippen LogP contribution is 2.24. The third kappa shape index (κ3) is 3.38. The molecule has 0 atom stereocenters. The Labute approximate surface area is 124 Å². The summed E-state index contributed by atoms with van der Waals surface area (Å²) in [5.41, 5.74) is 0.620. The van der Waals surface area contributed by atoms with Crippen LogP contribution in [0.25, 0.3) is 10.9 Å². The SMILES string of the molecule is COCCN(CCO)S(=O)(=O)c1cccc2ncccc12. The van der Waals surface area contributed by atoms with E-state index in [1.807, 2.05) is 0 Å². The molecule has 6 nitrogen and oxygen atoms in total. The molecule has 0 spiro atoms. The van der Waals surface area contributed by atoms with E-state index in [1.165, 1.54) is 11.4 Å². The summed E-state index contributed by atoms with van der Waals surface area (Å²) in [7, 11) is -2.20. The van der Waals surface area contributed by atoms with Crippen molar-refractivity contribution in [1.29, 1.82) is 0 Å². The molecule has 0 aliphatic carbocycles. The number of hydrogen-bond acceptors (Lipinski definition) is 5. The lowest BCUT2D eigenvalue weighted by atomic mass is 10.2. The van der Waals surface area contributed by atoms with Crippen LogP contribution >= 0.6 is 0 Å². The molecule has 1 heterocycles. The minimum absolute atomic E-state index is 0.0301. The van der Waals surface area contributed by atoms with Crippen molar-refractivity contribution in [3.63, 3.8) is 0 Å². The molecule has 7 heteroatoms. The number of aliphatic hydroxyl groups excluding tert-OH is 1. The Bertz CT molecular complexity index is 698. The van der Waals surface area contributed by atoms with Crippen LogP contribution in [-0.2, 0) is 14.8 Å². The molecule has 0 radical (unpaired) electrons. The van der Waals surface area contributed by atoms with E-state index in [1.54, 1.807) is 36.5 Å². The highest BCUT2D eigenvalue weighted by molar-refractivity contribution is 7.89. The average molecular weight is 310 g/mol. The molecule has 0 bridgehead atoms. The van der Waals surface area contributed by atoms with Gasteiger partial charge in [0.2, 0.25) is 10.0 Å². The maximum absolute atomic E-state index is 12.8. The molecule has 0 aliphatic rings. The zero-order valence-corrected chi connectivity index (χ0v) is 12.6. The lowest BCUT2D eigenvalue weighted by Gasteiger charge is -2.21. The number of ether oxygens (including phenoxy) is 1. The van der Waals surface area contributed by atoms with Crippen molar-refractivity contribution in [3.8, 4) is 0 Å². The molecule has 0 aliphatic heterocycles. The Morgan fingerprint density at radius 1 is 1.24 bits per heavy atom. The Kier molecular flexibility index (Phi) is 5.24. The molecule has 0 saturated carbocycles. The van der Waals surface area contributed by atoms with Gasteiger partial charge in [0.1, 0.15) is 0 Å². The summed E-state index contributed by atoms with van der Waals surface area (Å²) in [6.45, 7) is 0.243. The van der Waals surface area contributed by atoms with E-state index in [-0.39, 0.29) is 31.2 Å². The third-order valence-corrected chi connectivity index (χ3v) is 5.07. The number of aromatic nitrogens is 1. The van der Waals surface area contributed by atoms with Crippen LogP contribution in [0.1, 0.15) is 0 Å². The van der Waals surface area contributed by atoms with Crippen LogP contribution in [0, 0.1) is 0 Å². The first-order valence-corrected chi connectivity index (χ1v) is 7.99. The van der Waals surface area contributed by atoms with Gasteiger partial charge in [0.15, 0.2) is 0 Å². The first-order valence-electron chi connectivity index (χ1n) is 6.55. The predicted molar refractivity (Wildman–Crippen MR) is 79.5 cm³/mol. The highest BCUT2D eigenvalue weighted by Gasteiger charge is 2.25. The number of sulfonamides is 1. The Balaban J connectivity index is 2.49. The first-order chi connectivity index (χ1) is 10.1. The van der Waals surface area contributed by atoms with Crippen molar-refractivity contribution in [2.45, 2.75) is 4.90 Å². The van der Waals surface area contributed by atoms with E-state index in [9.17, 15) is 8.42 Å². The van der Waals surface area contributed by atoms with Gasteiger partial charge in [-0.15, -0.1) is 0 Å². The van der Waals surface area contributed by atoms with Crippen LogP contribution < -0.4 is 0 Å². The van der Waals surface area contributed by atoms with E-state index in [4.69, 9.17) is 9.84 Å². The normalized spacial score (nSPS) is 12.1. The van der Waals surface area contributed by atoms with E-state index in [0.29, 0.717) is 10.9 Å². The maximum atomic E-state index is 12.8. The predicted octanol–water partition coefficient (Wildman–Crippen LogP) is 0.864. The first kappa shape index (κ1) is 15.8. The number of methoxy groups -OCH3 is 1. The molecule has 114 valence electrons. The molecule has 1 aromatic heterocycles. The zero-order valence-electron chi connectivity index (χ0n) is 11.8.